The summed E-state index contributed by atoms with van der Waals surface area (Å²) in [5.41, 5.74) is 1.68. The maximum atomic E-state index is 13.8. The number of nitrogens with zero attached hydrogens (tertiary/aromatic N) is 2. The zero-order chi connectivity index (χ0) is 14.3. The average Bonchev–Trinajstić information content (AvgIpc) is 2.72. The van der Waals surface area contributed by atoms with E-state index in [4.69, 9.17) is 16.3 Å². The van der Waals surface area contributed by atoms with Crippen LogP contribution in [0.1, 0.15) is 32.0 Å². The van der Waals surface area contributed by atoms with Gasteiger partial charge < -0.3 is 9.30 Å². The lowest BCUT2D eigenvalue weighted by atomic mass is 9.78. The van der Waals surface area contributed by atoms with E-state index in [1.54, 1.807) is 6.07 Å². The molecule has 3 nitrogen and oxygen atoms in total. The summed E-state index contributed by atoms with van der Waals surface area (Å²) in [6.45, 7) is 2.23. The molecule has 0 atom stereocenters. The number of hydrogen-bond donors (Lipinski definition) is 0. The van der Waals surface area contributed by atoms with Crippen LogP contribution in [-0.4, -0.2) is 22.5 Å². The molecule has 0 aliphatic heterocycles. The van der Waals surface area contributed by atoms with Crippen molar-refractivity contribution in [3.8, 4) is 5.75 Å². The van der Waals surface area contributed by atoms with E-state index in [0.29, 0.717) is 17.8 Å². The average molecular weight is 297 g/mol. The van der Waals surface area contributed by atoms with Gasteiger partial charge in [-0.05, 0) is 26.2 Å². The molecule has 1 aliphatic rings. The first-order valence-corrected chi connectivity index (χ1v) is 7.44. The molecule has 2 aromatic rings. The fraction of sp³-hybridized carbons (Fsp3) is 0.533. The summed E-state index contributed by atoms with van der Waals surface area (Å²) in [4.78, 5) is 4.57. The van der Waals surface area contributed by atoms with Crippen molar-refractivity contribution in [1.29, 1.82) is 0 Å². The molecular weight excluding hydrogens is 279 g/mol. The molecule has 5 heteroatoms. The van der Waals surface area contributed by atoms with Gasteiger partial charge in [-0.1, -0.05) is 0 Å². The predicted octanol–water partition coefficient (Wildman–Crippen LogP) is 3.86. The third-order valence-electron chi connectivity index (χ3n) is 4.29. The zero-order valence-corrected chi connectivity index (χ0v) is 12.5. The van der Waals surface area contributed by atoms with Crippen LogP contribution in [0.3, 0.4) is 0 Å². The van der Waals surface area contributed by atoms with Crippen LogP contribution in [0.25, 0.3) is 11.0 Å². The normalized spacial score (nSPS) is 17.2. The molecule has 1 aromatic heterocycles. The quantitative estimate of drug-likeness (QED) is 0.801. The zero-order valence-electron chi connectivity index (χ0n) is 11.7. The number of benzene rings is 1. The summed E-state index contributed by atoms with van der Waals surface area (Å²) in [7, 11) is 1.48. The fourth-order valence-electron chi connectivity index (χ4n) is 3.05. The number of hydrogen-bond acceptors (Lipinski definition) is 2. The van der Waals surface area contributed by atoms with Gasteiger partial charge >= 0.3 is 0 Å². The van der Waals surface area contributed by atoms with Crippen LogP contribution in [-0.2, 0) is 12.0 Å². The van der Waals surface area contributed by atoms with Gasteiger partial charge in [0.05, 0.1) is 18.1 Å². The van der Waals surface area contributed by atoms with E-state index in [1.165, 1.54) is 19.6 Å². The molecule has 1 aliphatic carbocycles. The van der Waals surface area contributed by atoms with Crippen molar-refractivity contribution >= 4 is 22.6 Å². The predicted molar refractivity (Wildman–Crippen MR) is 78.2 cm³/mol. The molecule has 1 aromatic carbocycles. The van der Waals surface area contributed by atoms with Gasteiger partial charge in [-0.15, -0.1) is 11.6 Å². The maximum Gasteiger partial charge on any atom is 0.167 e. The van der Waals surface area contributed by atoms with Crippen LogP contribution in [0.5, 0.6) is 5.75 Å². The van der Waals surface area contributed by atoms with Crippen molar-refractivity contribution in [3.63, 3.8) is 0 Å². The third-order valence-corrected chi connectivity index (χ3v) is 4.48. The van der Waals surface area contributed by atoms with Crippen molar-refractivity contribution in [2.24, 2.45) is 0 Å². The number of aromatic nitrogens is 2. The van der Waals surface area contributed by atoms with Crippen molar-refractivity contribution < 1.29 is 9.13 Å². The van der Waals surface area contributed by atoms with Gasteiger partial charge in [-0.2, -0.15) is 0 Å². The minimum absolute atomic E-state index is 0.0684. The number of halogens is 2. The number of alkyl halides is 1. The summed E-state index contributed by atoms with van der Waals surface area (Å²) >= 11 is 5.88. The molecule has 1 heterocycles. The Hall–Kier alpha value is -1.29. The molecule has 0 radical (unpaired) electrons. The summed E-state index contributed by atoms with van der Waals surface area (Å²) in [5.74, 6) is 1.34. The highest BCUT2D eigenvalue weighted by Gasteiger charge is 2.36. The molecule has 108 valence electrons. The second-order valence-corrected chi connectivity index (χ2v) is 6.01. The minimum Gasteiger partial charge on any atom is -0.494 e. The number of aryl methyl sites for hydroxylation is 1. The van der Waals surface area contributed by atoms with Crippen LogP contribution in [0.2, 0.25) is 0 Å². The molecule has 3 rings (SSSR count). The highest BCUT2D eigenvalue weighted by molar-refractivity contribution is 6.17. The number of fused-ring (bicyclic) bond motifs is 1. The maximum absolute atomic E-state index is 13.8. The number of ether oxygens (including phenoxy) is 1. The van der Waals surface area contributed by atoms with Crippen LogP contribution in [0.15, 0.2) is 12.1 Å². The topological polar surface area (TPSA) is 27.1 Å². The Bertz CT molecular complexity index is 649. The van der Waals surface area contributed by atoms with Gasteiger partial charge in [0.15, 0.2) is 11.6 Å². The SMILES string of the molecule is COc1cc2c(cc1F)nc(CCCl)n2C1(C)CCC1. The van der Waals surface area contributed by atoms with Crippen molar-refractivity contribution in [3.05, 3.63) is 23.8 Å². The Balaban J connectivity index is 2.24. The summed E-state index contributed by atoms with van der Waals surface area (Å²) in [5, 5.41) is 0. The lowest BCUT2D eigenvalue weighted by Crippen LogP contribution is -2.38. The Morgan fingerprint density at radius 1 is 1.45 bits per heavy atom. The smallest absolute Gasteiger partial charge is 0.167 e. The van der Waals surface area contributed by atoms with Crippen molar-refractivity contribution in [1.82, 2.24) is 9.55 Å². The van der Waals surface area contributed by atoms with Gasteiger partial charge in [0.25, 0.3) is 0 Å². The van der Waals surface area contributed by atoms with Crippen LogP contribution >= 0.6 is 11.6 Å². The van der Waals surface area contributed by atoms with Gasteiger partial charge in [-0.25, -0.2) is 9.37 Å². The minimum atomic E-state index is -0.374. The largest absolute Gasteiger partial charge is 0.494 e. The lowest BCUT2D eigenvalue weighted by Gasteiger charge is -2.41. The molecule has 0 saturated heterocycles. The molecular formula is C15H18ClFN2O. The highest BCUT2D eigenvalue weighted by Crippen LogP contribution is 2.42. The van der Waals surface area contributed by atoms with E-state index in [-0.39, 0.29) is 17.1 Å². The second kappa shape index (κ2) is 4.92. The van der Waals surface area contributed by atoms with Gasteiger partial charge in [0.1, 0.15) is 5.82 Å². The fourth-order valence-corrected chi connectivity index (χ4v) is 3.22. The van der Waals surface area contributed by atoms with E-state index in [2.05, 4.69) is 16.5 Å². The second-order valence-electron chi connectivity index (χ2n) is 5.63. The summed E-state index contributed by atoms with van der Waals surface area (Å²) < 4.78 is 21.2. The molecule has 0 unspecified atom stereocenters. The Labute approximate surface area is 122 Å². The number of methoxy groups -OCH3 is 1. The molecule has 0 amide bonds. The van der Waals surface area contributed by atoms with Gasteiger partial charge in [0, 0.05) is 30.0 Å². The molecule has 1 saturated carbocycles. The molecule has 0 spiro atoms. The lowest BCUT2D eigenvalue weighted by molar-refractivity contribution is 0.170. The summed E-state index contributed by atoms with van der Waals surface area (Å²) in [6, 6.07) is 3.20. The van der Waals surface area contributed by atoms with Gasteiger partial charge in [-0.3, -0.25) is 0 Å². The Kier molecular flexibility index (Phi) is 3.36. The molecule has 1 fully saturated rings. The van der Waals surface area contributed by atoms with Crippen LogP contribution in [0.4, 0.5) is 4.39 Å². The first kappa shape index (κ1) is 13.7. The number of imidazole rings is 1. The van der Waals surface area contributed by atoms with E-state index in [0.717, 1.165) is 24.2 Å². The van der Waals surface area contributed by atoms with E-state index in [1.807, 2.05) is 0 Å². The molecule has 0 bridgehead atoms. The van der Waals surface area contributed by atoms with E-state index < -0.39 is 0 Å². The Morgan fingerprint density at radius 3 is 2.75 bits per heavy atom. The van der Waals surface area contributed by atoms with Crippen molar-refractivity contribution in [2.75, 3.05) is 13.0 Å². The summed E-state index contributed by atoms with van der Waals surface area (Å²) in [6.07, 6.45) is 4.14. The standard InChI is InChI=1S/C15H18ClFN2O/c1-15(5-3-6-15)19-12-9-13(20-2)10(17)8-11(12)18-14(19)4-7-16/h8-9H,3-7H2,1-2H3. The van der Waals surface area contributed by atoms with E-state index >= 15 is 0 Å². The van der Waals surface area contributed by atoms with Crippen molar-refractivity contribution in [2.45, 2.75) is 38.1 Å². The van der Waals surface area contributed by atoms with Crippen LogP contribution in [0, 0.1) is 5.82 Å². The van der Waals surface area contributed by atoms with Crippen LogP contribution < -0.4 is 4.74 Å². The van der Waals surface area contributed by atoms with E-state index in [9.17, 15) is 4.39 Å². The van der Waals surface area contributed by atoms with Gasteiger partial charge in [0.2, 0.25) is 0 Å². The molecule has 20 heavy (non-hydrogen) atoms. The number of rotatable bonds is 4. The third kappa shape index (κ3) is 1.97. The Morgan fingerprint density at radius 2 is 2.20 bits per heavy atom. The molecule has 0 N–H and O–H groups in total. The first-order valence-electron chi connectivity index (χ1n) is 6.90. The highest BCUT2D eigenvalue weighted by atomic mass is 35.5. The first-order chi connectivity index (χ1) is 9.59. The monoisotopic (exact) mass is 296 g/mol.